The van der Waals surface area contributed by atoms with Crippen molar-refractivity contribution in [2.45, 2.75) is 44.6 Å². The normalized spacial score (nSPS) is 14.4. The van der Waals surface area contributed by atoms with Crippen LogP contribution < -0.4 is 5.32 Å². The molecule has 0 heterocycles. The fraction of sp³-hybridized carbons (Fsp3) is 0.600. The van der Waals surface area contributed by atoms with Gasteiger partial charge in [-0.15, -0.1) is 11.8 Å². The molecule has 1 aromatic carbocycles. The van der Waals surface area contributed by atoms with Crippen molar-refractivity contribution in [3.05, 3.63) is 29.3 Å². The Hall–Kier alpha value is -0.180. The van der Waals surface area contributed by atoms with Gasteiger partial charge in [-0.2, -0.15) is 0 Å². The molecule has 0 amide bonds. The van der Waals surface area contributed by atoms with Crippen molar-refractivity contribution in [1.82, 2.24) is 5.32 Å². The maximum atomic E-state index is 6.00. The molecule has 0 aliphatic heterocycles. The molecular formula is C15H24ClNS. The van der Waals surface area contributed by atoms with E-state index in [1.807, 2.05) is 30.0 Å². The zero-order valence-corrected chi connectivity index (χ0v) is 13.2. The summed E-state index contributed by atoms with van der Waals surface area (Å²) in [4.78, 5) is 1.26. The first-order valence-electron chi connectivity index (χ1n) is 6.77. The van der Waals surface area contributed by atoms with E-state index in [2.05, 4.69) is 32.2 Å². The number of rotatable bonds is 8. The largest absolute Gasteiger partial charge is 0.313 e. The third-order valence-corrected chi connectivity index (χ3v) is 4.52. The highest BCUT2D eigenvalue weighted by Gasteiger charge is 2.11. The lowest BCUT2D eigenvalue weighted by atomic mass is 10.0. The molecular weight excluding hydrogens is 262 g/mol. The third kappa shape index (κ3) is 6.12. The molecule has 2 atom stereocenters. The fourth-order valence-electron chi connectivity index (χ4n) is 1.90. The van der Waals surface area contributed by atoms with Crippen molar-refractivity contribution < 1.29 is 0 Å². The summed E-state index contributed by atoms with van der Waals surface area (Å²) in [5.41, 5.74) is 0. The number of hydrogen-bond acceptors (Lipinski definition) is 2. The molecule has 0 saturated heterocycles. The topological polar surface area (TPSA) is 12.0 Å². The average molecular weight is 286 g/mol. The van der Waals surface area contributed by atoms with Crippen LogP contribution in [-0.4, -0.2) is 18.3 Å². The number of hydrogen-bond donors (Lipinski definition) is 1. The quantitative estimate of drug-likeness (QED) is 0.686. The monoisotopic (exact) mass is 285 g/mol. The van der Waals surface area contributed by atoms with Gasteiger partial charge in [0.25, 0.3) is 0 Å². The summed E-state index contributed by atoms with van der Waals surface area (Å²) in [5.74, 6) is 1.90. The van der Waals surface area contributed by atoms with Crippen molar-refractivity contribution in [1.29, 1.82) is 0 Å². The lowest BCUT2D eigenvalue weighted by Gasteiger charge is -2.20. The molecule has 1 rings (SSSR count). The first-order valence-corrected chi connectivity index (χ1v) is 8.13. The van der Waals surface area contributed by atoms with E-state index >= 15 is 0 Å². The van der Waals surface area contributed by atoms with E-state index in [0.29, 0.717) is 6.04 Å². The van der Waals surface area contributed by atoms with Gasteiger partial charge in [-0.25, -0.2) is 0 Å². The Labute approximate surface area is 121 Å². The highest BCUT2D eigenvalue weighted by atomic mass is 35.5. The first-order chi connectivity index (χ1) is 8.65. The summed E-state index contributed by atoms with van der Waals surface area (Å²) in [5, 5.41) is 4.40. The number of halogens is 1. The highest BCUT2D eigenvalue weighted by Crippen LogP contribution is 2.24. The predicted molar refractivity (Wildman–Crippen MR) is 83.7 cm³/mol. The van der Waals surface area contributed by atoms with Crippen molar-refractivity contribution in [2.75, 3.05) is 12.3 Å². The Morgan fingerprint density at radius 1 is 1.33 bits per heavy atom. The van der Waals surface area contributed by atoms with Gasteiger partial charge in [0.05, 0.1) is 0 Å². The van der Waals surface area contributed by atoms with Crippen LogP contribution in [0.3, 0.4) is 0 Å². The summed E-state index contributed by atoms with van der Waals surface area (Å²) in [7, 11) is 0. The molecule has 0 aliphatic rings. The third-order valence-electron chi connectivity index (χ3n) is 3.12. The molecule has 0 radical (unpaired) electrons. The van der Waals surface area contributed by atoms with Crippen molar-refractivity contribution in [3.8, 4) is 0 Å². The molecule has 0 saturated carbocycles. The molecule has 1 nitrogen and oxygen atoms in total. The molecule has 0 aliphatic carbocycles. The fourth-order valence-corrected chi connectivity index (χ4v) is 3.19. The molecule has 3 heteroatoms. The van der Waals surface area contributed by atoms with Crippen LogP contribution in [0.2, 0.25) is 5.02 Å². The van der Waals surface area contributed by atoms with Gasteiger partial charge in [-0.1, -0.05) is 44.9 Å². The Morgan fingerprint density at radius 3 is 2.72 bits per heavy atom. The van der Waals surface area contributed by atoms with Gasteiger partial charge in [0.2, 0.25) is 0 Å². The second-order valence-corrected chi connectivity index (χ2v) is 6.30. The Bertz CT molecular complexity index is 343. The molecule has 2 unspecified atom stereocenters. The highest BCUT2D eigenvalue weighted by molar-refractivity contribution is 7.99. The maximum absolute atomic E-state index is 6.00. The number of nitrogens with one attached hydrogen (secondary N) is 1. The van der Waals surface area contributed by atoms with Gasteiger partial charge < -0.3 is 5.32 Å². The van der Waals surface area contributed by atoms with E-state index in [1.54, 1.807) is 0 Å². The summed E-state index contributed by atoms with van der Waals surface area (Å²) in [6.45, 7) is 7.80. The molecule has 0 spiro atoms. The van der Waals surface area contributed by atoms with Crippen LogP contribution in [-0.2, 0) is 0 Å². The van der Waals surface area contributed by atoms with Crippen molar-refractivity contribution in [3.63, 3.8) is 0 Å². The Kier molecular flexibility index (Phi) is 7.80. The summed E-state index contributed by atoms with van der Waals surface area (Å²) in [6, 6.07) is 8.70. The van der Waals surface area contributed by atoms with Gasteiger partial charge in [0, 0.05) is 21.7 Å². The minimum Gasteiger partial charge on any atom is -0.313 e. The molecule has 0 aromatic heterocycles. The maximum Gasteiger partial charge on any atom is 0.0417 e. The van der Waals surface area contributed by atoms with Crippen molar-refractivity contribution in [2.24, 2.45) is 5.92 Å². The number of thioether (sulfide) groups is 1. The molecule has 1 N–H and O–H groups in total. The Balaban J connectivity index is 2.46. The van der Waals surface area contributed by atoms with Gasteiger partial charge >= 0.3 is 0 Å². The molecule has 102 valence electrons. The summed E-state index contributed by atoms with van der Waals surface area (Å²) in [6.07, 6.45) is 2.50. The lowest BCUT2D eigenvalue weighted by Crippen LogP contribution is -2.32. The standard InChI is InChI=1S/C15H24ClNS/c1-4-12(3)9-14(17-5-2)11-18-15-8-6-7-13(16)10-15/h6-8,10,12,14,17H,4-5,9,11H2,1-3H3. The van der Waals surface area contributed by atoms with E-state index in [1.165, 1.54) is 17.7 Å². The molecule has 0 fully saturated rings. The van der Waals surface area contributed by atoms with E-state index in [-0.39, 0.29) is 0 Å². The first kappa shape index (κ1) is 15.9. The van der Waals surface area contributed by atoms with Crippen LogP contribution in [0.4, 0.5) is 0 Å². The minimum absolute atomic E-state index is 0.592. The predicted octanol–water partition coefficient (Wildman–Crippen LogP) is 4.85. The molecule has 18 heavy (non-hydrogen) atoms. The van der Waals surface area contributed by atoms with Crippen LogP contribution >= 0.6 is 23.4 Å². The number of benzene rings is 1. The van der Waals surface area contributed by atoms with Crippen molar-refractivity contribution >= 4 is 23.4 Å². The second-order valence-electron chi connectivity index (χ2n) is 4.77. The average Bonchev–Trinajstić information content (AvgIpc) is 2.36. The lowest BCUT2D eigenvalue weighted by molar-refractivity contribution is 0.423. The SMILES string of the molecule is CCNC(CSc1cccc(Cl)c1)CC(C)CC. The zero-order valence-electron chi connectivity index (χ0n) is 11.6. The van der Waals surface area contributed by atoms with Gasteiger partial charge in [0.15, 0.2) is 0 Å². The van der Waals surface area contributed by atoms with E-state index < -0.39 is 0 Å². The Morgan fingerprint density at radius 2 is 2.11 bits per heavy atom. The molecule has 1 aromatic rings. The zero-order chi connectivity index (χ0) is 13.4. The van der Waals surface area contributed by atoms with Gasteiger partial charge in [0.1, 0.15) is 0 Å². The summed E-state index contributed by atoms with van der Waals surface area (Å²) < 4.78 is 0. The van der Waals surface area contributed by atoms with E-state index in [0.717, 1.165) is 23.2 Å². The smallest absolute Gasteiger partial charge is 0.0417 e. The van der Waals surface area contributed by atoms with Crippen LogP contribution in [0.15, 0.2) is 29.2 Å². The van der Waals surface area contributed by atoms with Gasteiger partial charge in [-0.3, -0.25) is 0 Å². The summed E-state index contributed by atoms with van der Waals surface area (Å²) >= 11 is 7.89. The van der Waals surface area contributed by atoms with Crippen LogP contribution in [0.25, 0.3) is 0 Å². The minimum atomic E-state index is 0.592. The van der Waals surface area contributed by atoms with Crippen LogP contribution in [0.1, 0.15) is 33.6 Å². The van der Waals surface area contributed by atoms with Crippen LogP contribution in [0.5, 0.6) is 0 Å². The molecule has 0 bridgehead atoms. The van der Waals surface area contributed by atoms with Gasteiger partial charge in [-0.05, 0) is 37.1 Å². The van der Waals surface area contributed by atoms with E-state index in [4.69, 9.17) is 11.6 Å². The van der Waals surface area contributed by atoms with Crippen LogP contribution in [0, 0.1) is 5.92 Å². The van der Waals surface area contributed by atoms with E-state index in [9.17, 15) is 0 Å². The second kappa shape index (κ2) is 8.84.